The predicted molar refractivity (Wildman–Crippen MR) is 73.0 cm³/mol. The summed E-state index contributed by atoms with van der Waals surface area (Å²) in [6.45, 7) is 1.70. The lowest BCUT2D eigenvalue weighted by Gasteiger charge is -2.01. The van der Waals surface area contributed by atoms with Crippen LogP contribution in [0, 0.1) is 0 Å². The van der Waals surface area contributed by atoms with Crippen LogP contribution in [0.4, 0.5) is 0 Å². The van der Waals surface area contributed by atoms with E-state index in [4.69, 9.17) is 18.7 Å². The number of hydrogen-bond donors (Lipinski definition) is 1. The third-order valence-electron chi connectivity index (χ3n) is 2.79. The molecule has 2 aromatic rings. The van der Waals surface area contributed by atoms with E-state index >= 15 is 0 Å². The third kappa shape index (κ3) is 3.82. The van der Waals surface area contributed by atoms with Crippen LogP contribution in [0.1, 0.15) is 40.9 Å². The monoisotopic (exact) mass is 292 g/mol. The average Bonchev–Trinajstić information content (AvgIpc) is 3.11. The summed E-state index contributed by atoms with van der Waals surface area (Å²) in [5.74, 6) is 0.266. The summed E-state index contributed by atoms with van der Waals surface area (Å²) in [5.41, 5.74) is 0. The SMILES string of the molecule is CC(=O)c1ccc(-c2ccc(C(=O)OCCCCO)o2)o1. The highest BCUT2D eigenvalue weighted by Gasteiger charge is 2.16. The molecule has 2 rings (SSSR count). The molecule has 0 spiro atoms. The molecule has 6 nitrogen and oxygen atoms in total. The Morgan fingerprint density at radius 2 is 1.67 bits per heavy atom. The lowest BCUT2D eigenvalue weighted by molar-refractivity contribution is 0.0457. The minimum atomic E-state index is -0.572. The van der Waals surface area contributed by atoms with Gasteiger partial charge in [-0.05, 0) is 37.1 Å². The van der Waals surface area contributed by atoms with Crippen LogP contribution in [0.2, 0.25) is 0 Å². The number of aliphatic hydroxyl groups excluding tert-OH is 1. The summed E-state index contributed by atoms with van der Waals surface area (Å²) < 4.78 is 15.7. The molecule has 21 heavy (non-hydrogen) atoms. The molecule has 0 radical (unpaired) electrons. The molecule has 112 valence electrons. The Balaban J connectivity index is 2.00. The molecule has 0 atom stereocenters. The number of Topliss-reactive ketones (excluding diaryl/α,β-unsaturated/α-hetero) is 1. The maximum absolute atomic E-state index is 11.7. The van der Waals surface area contributed by atoms with Crippen molar-refractivity contribution in [2.75, 3.05) is 13.2 Å². The van der Waals surface area contributed by atoms with Crippen LogP contribution in [0.25, 0.3) is 11.5 Å². The van der Waals surface area contributed by atoms with E-state index in [1.54, 1.807) is 18.2 Å². The van der Waals surface area contributed by atoms with Crippen molar-refractivity contribution < 1.29 is 28.3 Å². The molecule has 0 amide bonds. The van der Waals surface area contributed by atoms with Crippen molar-refractivity contribution in [3.63, 3.8) is 0 Å². The zero-order valence-electron chi connectivity index (χ0n) is 11.6. The second-order valence-electron chi connectivity index (χ2n) is 4.45. The van der Waals surface area contributed by atoms with Gasteiger partial charge in [-0.25, -0.2) is 4.79 Å². The number of unbranched alkanes of at least 4 members (excludes halogenated alkanes) is 1. The molecule has 0 aromatic carbocycles. The fourth-order valence-electron chi connectivity index (χ4n) is 1.69. The van der Waals surface area contributed by atoms with E-state index in [2.05, 4.69) is 0 Å². The number of hydrogen-bond acceptors (Lipinski definition) is 6. The summed E-state index contributed by atoms with van der Waals surface area (Å²) in [5, 5.41) is 8.63. The van der Waals surface area contributed by atoms with Crippen LogP contribution in [-0.4, -0.2) is 30.1 Å². The Morgan fingerprint density at radius 1 is 1.05 bits per heavy atom. The fourth-order valence-corrected chi connectivity index (χ4v) is 1.69. The van der Waals surface area contributed by atoms with Gasteiger partial charge in [0.05, 0.1) is 6.61 Å². The second-order valence-corrected chi connectivity index (χ2v) is 4.45. The molecule has 0 aliphatic heterocycles. The molecule has 0 fully saturated rings. The maximum atomic E-state index is 11.7. The van der Waals surface area contributed by atoms with Gasteiger partial charge in [-0.3, -0.25) is 4.79 Å². The topological polar surface area (TPSA) is 89.9 Å². The zero-order chi connectivity index (χ0) is 15.2. The van der Waals surface area contributed by atoms with Crippen molar-refractivity contribution in [2.24, 2.45) is 0 Å². The summed E-state index contributed by atoms with van der Waals surface area (Å²) in [6, 6.07) is 6.21. The lowest BCUT2D eigenvalue weighted by Crippen LogP contribution is -2.05. The van der Waals surface area contributed by atoms with Crippen LogP contribution >= 0.6 is 0 Å². The molecular weight excluding hydrogens is 276 g/mol. The van der Waals surface area contributed by atoms with E-state index in [1.807, 2.05) is 0 Å². The van der Waals surface area contributed by atoms with Crippen molar-refractivity contribution in [3.05, 3.63) is 35.8 Å². The Kier molecular flexibility index (Phi) is 4.94. The zero-order valence-corrected chi connectivity index (χ0v) is 11.6. The van der Waals surface area contributed by atoms with Crippen molar-refractivity contribution in [1.82, 2.24) is 0 Å². The van der Waals surface area contributed by atoms with Crippen molar-refractivity contribution >= 4 is 11.8 Å². The first kappa shape index (κ1) is 15.1. The number of aliphatic hydroxyl groups is 1. The predicted octanol–water partition coefficient (Wildman–Crippen LogP) is 2.67. The molecule has 0 saturated carbocycles. The highest BCUT2D eigenvalue weighted by molar-refractivity contribution is 5.91. The lowest BCUT2D eigenvalue weighted by atomic mass is 10.3. The molecule has 0 unspecified atom stereocenters. The van der Waals surface area contributed by atoms with Crippen LogP contribution in [-0.2, 0) is 4.74 Å². The Hall–Kier alpha value is -2.34. The summed E-state index contributed by atoms with van der Waals surface area (Å²) >= 11 is 0. The smallest absolute Gasteiger partial charge is 0.374 e. The maximum Gasteiger partial charge on any atom is 0.374 e. The van der Waals surface area contributed by atoms with Gasteiger partial charge in [0, 0.05) is 13.5 Å². The minimum Gasteiger partial charge on any atom is -0.460 e. The Bertz CT molecular complexity index is 622. The van der Waals surface area contributed by atoms with Crippen LogP contribution in [0.5, 0.6) is 0 Å². The first-order chi connectivity index (χ1) is 10.1. The molecular formula is C15H16O6. The molecule has 0 aliphatic rings. The molecule has 0 saturated heterocycles. The summed E-state index contributed by atoms with van der Waals surface area (Å²) in [7, 11) is 0. The van der Waals surface area contributed by atoms with Crippen LogP contribution in [0.15, 0.2) is 33.1 Å². The molecule has 0 bridgehead atoms. The van der Waals surface area contributed by atoms with Gasteiger partial charge in [0.2, 0.25) is 5.76 Å². The standard InChI is InChI=1S/C15H16O6/c1-10(17)11-4-5-12(20-11)13-6-7-14(21-13)15(18)19-9-3-2-8-16/h4-7,16H,2-3,8-9H2,1H3. The van der Waals surface area contributed by atoms with E-state index in [0.717, 1.165) is 0 Å². The number of esters is 1. The third-order valence-corrected chi connectivity index (χ3v) is 2.79. The normalized spacial score (nSPS) is 10.6. The van der Waals surface area contributed by atoms with Gasteiger partial charge in [0.25, 0.3) is 0 Å². The van der Waals surface area contributed by atoms with Gasteiger partial charge >= 0.3 is 5.97 Å². The summed E-state index contributed by atoms with van der Waals surface area (Å²) in [4.78, 5) is 22.9. The van der Waals surface area contributed by atoms with Gasteiger partial charge in [-0.15, -0.1) is 0 Å². The molecule has 2 aromatic heterocycles. The number of ketones is 1. The van der Waals surface area contributed by atoms with Crippen LogP contribution < -0.4 is 0 Å². The Morgan fingerprint density at radius 3 is 2.24 bits per heavy atom. The van der Waals surface area contributed by atoms with E-state index in [9.17, 15) is 9.59 Å². The Labute approximate surface area is 121 Å². The second kappa shape index (κ2) is 6.90. The fraction of sp³-hybridized carbons (Fsp3) is 0.333. The van der Waals surface area contributed by atoms with E-state index in [1.165, 1.54) is 13.0 Å². The van der Waals surface area contributed by atoms with Gasteiger partial charge in [-0.2, -0.15) is 0 Å². The van der Waals surface area contributed by atoms with Gasteiger partial charge < -0.3 is 18.7 Å². The molecule has 0 aliphatic carbocycles. The first-order valence-corrected chi connectivity index (χ1v) is 6.61. The van der Waals surface area contributed by atoms with E-state index in [-0.39, 0.29) is 30.5 Å². The van der Waals surface area contributed by atoms with Gasteiger partial charge in [0.15, 0.2) is 23.1 Å². The van der Waals surface area contributed by atoms with Crippen LogP contribution in [0.3, 0.4) is 0 Å². The largest absolute Gasteiger partial charge is 0.460 e. The van der Waals surface area contributed by atoms with Gasteiger partial charge in [-0.1, -0.05) is 0 Å². The first-order valence-electron chi connectivity index (χ1n) is 6.61. The highest BCUT2D eigenvalue weighted by atomic mass is 16.5. The summed E-state index contributed by atoms with van der Waals surface area (Å²) in [6.07, 6.45) is 1.17. The number of furan rings is 2. The van der Waals surface area contributed by atoms with Crippen molar-refractivity contribution in [3.8, 4) is 11.5 Å². The molecule has 1 N–H and O–H groups in total. The number of rotatable bonds is 7. The molecule has 6 heteroatoms. The molecule has 2 heterocycles. The highest BCUT2D eigenvalue weighted by Crippen LogP contribution is 2.25. The minimum absolute atomic E-state index is 0.0646. The van der Waals surface area contributed by atoms with Crippen molar-refractivity contribution in [1.29, 1.82) is 0 Å². The van der Waals surface area contributed by atoms with E-state index in [0.29, 0.717) is 24.4 Å². The quantitative estimate of drug-likeness (QED) is 0.479. The van der Waals surface area contributed by atoms with E-state index < -0.39 is 5.97 Å². The average molecular weight is 292 g/mol. The van der Waals surface area contributed by atoms with Crippen molar-refractivity contribution in [2.45, 2.75) is 19.8 Å². The van der Waals surface area contributed by atoms with Gasteiger partial charge in [0.1, 0.15) is 0 Å². The number of carbonyl (C=O) groups is 2. The number of carbonyl (C=O) groups excluding carboxylic acids is 2. The number of ether oxygens (including phenoxy) is 1.